The van der Waals surface area contributed by atoms with Crippen molar-refractivity contribution in [1.29, 1.82) is 0 Å². The van der Waals surface area contributed by atoms with Gasteiger partial charge in [-0.05, 0) is 6.92 Å². The van der Waals surface area contributed by atoms with Crippen molar-refractivity contribution < 1.29 is 4.79 Å². The van der Waals surface area contributed by atoms with Crippen LogP contribution in [0.4, 0.5) is 0 Å². The summed E-state index contributed by atoms with van der Waals surface area (Å²) < 4.78 is 1.89. The fourth-order valence-electron chi connectivity index (χ4n) is 1.17. The zero-order chi connectivity index (χ0) is 10.4. The first kappa shape index (κ1) is 11.0. The van der Waals surface area contributed by atoms with Crippen LogP contribution in [0, 0.1) is 0 Å². The van der Waals surface area contributed by atoms with Crippen LogP contribution in [0.5, 0.6) is 0 Å². The van der Waals surface area contributed by atoms with Gasteiger partial charge in [-0.1, -0.05) is 0 Å². The number of amides is 1. The molecule has 1 amide bonds. The maximum atomic E-state index is 11.2. The van der Waals surface area contributed by atoms with Crippen LogP contribution in [-0.4, -0.2) is 22.0 Å². The molecular weight excluding hydrogens is 202 g/mol. The summed E-state index contributed by atoms with van der Waals surface area (Å²) in [5, 5.41) is 2.74. The lowest BCUT2D eigenvalue weighted by Gasteiger charge is -2.05. The quantitative estimate of drug-likeness (QED) is 0.749. The van der Waals surface area contributed by atoms with Crippen molar-refractivity contribution >= 4 is 17.5 Å². The van der Waals surface area contributed by atoms with Crippen LogP contribution in [0.2, 0.25) is 0 Å². The summed E-state index contributed by atoms with van der Waals surface area (Å²) in [6.07, 6.45) is 3.87. The molecule has 1 N–H and O–H groups in total. The molecule has 5 heteroatoms. The van der Waals surface area contributed by atoms with Crippen molar-refractivity contribution in [3.05, 3.63) is 18.2 Å². The normalized spacial score (nSPS) is 10.1. The predicted molar refractivity (Wildman–Crippen MR) is 55.1 cm³/mol. The summed E-state index contributed by atoms with van der Waals surface area (Å²) in [4.78, 5) is 15.1. The van der Waals surface area contributed by atoms with E-state index in [0.29, 0.717) is 25.4 Å². The molecule has 0 atom stereocenters. The number of hydrogen-bond donors (Lipinski definition) is 1. The van der Waals surface area contributed by atoms with Gasteiger partial charge in [-0.2, -0.15) is 0 Å². The van der Waals surface area contributed by atoms with E-state index in [2.05, 4.69) is 10.3 Å². The topological polar surface area (TPSA) is 46.9 Å². The number of halogens is 1. The molecule has 1 heterocycles. The number of aryl methyl sites for hydroxylation is 1. The fraction of sp³-hybridized carbons (Fsp3) is 0.556. The highest BCUT2D eigenvalue weighted by Crippen LogP contribution is 2.03. The maximum absolute atomic E-state index is 11.2. The molecule has 0 saturated carbocycles. The number of nitrogens with one attached hydrogen (secondary N) is 1. The molecule has 14 heavy (non-hydrogen) atoms. The highest BCUT2D eigenvalue weighted by molar-refractivity contribution is 6.16. The van der Waals surface area contributed by atoms with Crippen molar-refractivity contribution in [2.45, 2.75) is 25.8 Å². The number of aromatic nitrogens is 2. The summed E-state index contributed by atoms with van der Waals surface area (Å²) in [5.74, 6) is 0.483. The van der Waals surface area contributed by atoms with Gasteiger partial charge in [-0.15, -0.1) is 11.6 Å². The van der Waals surface area contributed by atoms with Gasteiger partial charge in [-0.25, -0.2) is 4.98 Å². The molecule has 0 aliphatic heterocycles. The minimum atomic E-state index is 0.0572. The zero-order valence-corrected chi connectivity index (χ0v) is 8.92. The second-order valence-electron chi connectivity index (χ2n) is 2.92. The van der Waals surface area contributed by atoms with E-state index in [9.17, 15) is 4.79 Å². The molecule has 0 aliphatic carbocycles. The van der Waals surface area contributed by atoms with Gasteiger partial charge in [0.1, 0.15) is 0 Å². The number of carbonyl (C=O) groups excluding carboxylic acids is 1. The van der Waals surface area contributed by atoms with E-state index in [1.165, 1.54) is 0 Å². The number of alkyl halides is 1. The van der Waals surface area contributed by atoms with E-state index in [0.717, 1.165) is 5.69 Å². The van der Waals surface area contributed by atoms with Gasteiger partial charge in [-0.3, -0.25) is 4.79 Å². The summed E-state index contributed by atoms with van der Waals surface area (Å²) in [5.41, 5.74) is 0.941. The minimum Gasteiger partial charge on any atom is -0.356 e. The van der Waals surface area contributed by atoms with Crippen molar-refractivity contribution in [3.8, 4) is 0 Å². The van der Waals surface area contributed by atoms with E-state index >= 15 is 0 Å². The molecule has 0 radical (unpaired) electrons. The lowest BCUT2D eigenvalue weighted by atomic mass is 10.4. The van der Waals surface area contributed by atoms with Gasteiger partial charge < -0.3 is 9.88 Å². The van der Waals surface area contributed by atoms with Gasteiger partial charge in [0.25, 0.3) is 0 Å². The van der Waals surface area contributed by atoms with Crippen LogP contribution in [0.15, 0.2) is 12.5 Å². The number of imidazole rings is 1. The highest BCUT2D eigenvalue weighted by Gasteiger charge is 2.03. The maximum Gasteiger partial charge on any atom is 0.221 e. The second-order valence-corrected chi connectivity index (χ2v) is 3.18. The third-order valence-corrected chi connectivity index (χ3v) is 2.16. The molecule has 0 bridgehead atoms. The lowest BCUT2D eigenvalue weighted by molar-refractivity contribution is -0.121. The molecule has 1 aromatic rings. The van der Waals surface area contributed by atoms with Crippen LogP contribution in [0.25, 0.3) is 0 Å². The Hall–Kier alpha value is -1.03. The van der Waals surface area contributed by atoms with E-state index in [4.69, 9.17) is 11.6 Å². The van der Waals surface area contributed by atoms with E-state index < -0.39 is 0 Å². The standard InChI is InChI=1S/C9H14ClN3O/c1-2-12-9(14)3-4-13-7-11-6-8(13)5-10/h6-7H,2-5H2,1H3,(H,12,14). The summed E-state index contributed by atoms with van der Waals surface area (Å²) in [7, 11) is 0. The van der Waals surface area contributed by atoms with Crippen LogP contribution in [-0.2, 0) is 17.2 Å². The molecule has 0 spiro atoms. The molecule has 1 aromatic heterocycles. The molecule has 0 aromatic carbocycles. The number of carbonyl (C=O) groups is 1. The average Bonchev–Trinajstić information content (AvgIpc) is 2.62. The van der Waals surface area contributed by atoms with Gasteiger partial charge in [0.15, 0.2) is 0 Å². The smallest absolute Gasteiger partial charge is 0.221 e. The number of nitrogens with zero attached hydrogens (tertiary/aromatic N) is 2. The lowest BCUT2D eigenvalue weighted by Crippen LogP contribution is -2.23. The molecule has 78 valence electrons. The third kappa shape index (κ3) is 3.03. The SMILES string of the molecule is CCNC(=O)CCn1cncc1CCl. The Kier molecular flexibility index (Phi) is 4.46. The molecule has 0 fully saturated rings. The van der Waals surface area contributed by atoms with Crippen molar-refractivity contribution in [2.75, 3.05) is 6.54 Å². The zero-order valence-electron chi connectivity index (χ0n) is 8.16. The molecule has 0 aliphatic rings. The summed E-state index contributed by atoms with van der Waals surface area (Å²) in [6, 6.07) is 0. The largest absolute Gasteiger partial charge is 0.356 e. The average molecular weight is 216 g/mol. The minimum absolute atomic E-state index is 0.0572. The van der Waals surface area contributed by atoms with Gasteiger partial charge in [0.2, 0.25) is 5.91 Å². The monoisotopic (exact) mass is 215 g/mol. The van der Waals surface area contributed by atoms with Crippen molar-refractivity contribution in [3.63, 3.8) is 0 Å². The van der Waals surface area contributed by atoms with Gasteiger partial charge >= 0.3 is 0 Å². The van der Waals surface area contributed by atoms with Crippen LogP contribution in [0.3, 0.4) is 0 Å². The molecule has 1 rings (SSSR count). The molecule has 0 unspecified atom stereocenters. The van der Waals surface area contributed by atoms with Crippen LogP contribution < -0.4 is 5.32 Å². The molecule has 0 saturated heterocycles. The highest BCUT2D eigenvalue weighted by atomic mass is 35.5. The predicted octanol–water partition coefficient (Wildman–Crippen LogP) is 1.15. The first-order valence-corrected chi connectivity index (χ1v) is 5.13. The van der Waals surface area contributed by atoms with Gasteiger partial charge in [0.05, 0.1) is 17.9 Å². The third-order valence-electron chi connectivity index (χ3n) is 1.89. The van der Waals surface area contributed by atoms with Crippen molar-refractivity contribution in [1.82, 2.24) is 14.9 Å². The Morgan fingerprint density at radius 3 is 3.14 bits per heavy atom. The summed E-state index contributed by atoms with van der Waals surface area (Å²) >= 11 is 5.69. The fourth-order valence-corrected chi connectivity index (χ4v) is 1.39. The Labute approximate surface area is 88.3 Å². The van der Waals surface area contributed by atoms with Crippen LogP contribution in [0.1, 0.15) is 19.0 Å². The van der Waals surface area contributed by atoms with E-state index in [1.807, 2.05) is 11.5 Å². The Morgan fingerprint density at radius 1 is 1.71 bits per heavy atom. The van der Waals surface area contributed by atoms with E-state index in [-0.39, 0.29) is 5.91 Å². The molecule has 4 nitrogen and oxygen atoms in total. The van der Waals surface area contributed by atoms with Crippen molar-refractivity contribution in [2.24, 2.45) is 0 Å². The Morgan fingerprint density at radius 2 is 2.50 bits per heavy atom. The van der Waals surface area contributed by atoms with Crippen LogP contribution >= 0.6 is 11.6 Å². The number of rotatable bonds is 5. The summed E-state index contributed by atoms with van der Waals surface area (Å²) in [6.45, 7) is 3.21. The first-order chi connectivity index (χ1) is 6.77. The Bertz CT molecular complexity index is 298. The first-order valence-electron chi connectivity index (χ1n) is 4.59. The number of hydrogen-bond acceptors (Lipinski definition) is 2. The van der Waals surface area contributed by atoms with Gasteiger partial charge in [0, 0.05) is 25.7 Å². The molecular formula is C9H14ClN3O. The van der Waals surface area contributed by atoms with E-state index in [1.54, 1.807) is 12.5 Å². The second kappa shape index (κ2) is 5.65. The Balaban J connectivity index is 2.41.